The third kappa shape index (κ3) is 4.66. The van der Waals surface area contributed by atoms with Crippen molar-refractivity contribution in [2.45, 2.75) is 37.7 Å². The normalized spacial score (nSPS) is 20.2. The van der Waals surface area contributed by atoms with E-state index in [2.05, 4.69) is 138 Å². The summed E-state index contributed by atoms with van der Waals surface area (Å²) in [4.78, 5) is 10.6. The van der Waals surface area contributed by atoms with E-state index in [0.717, 1.165) is 68.1 Å². The van der Waals surface area contributed by atoms with Gasteiger partial charge in [-0.2, -0.15) is 0 Å². The Kier molecular flexibility index (Phi) is 6.85. The molecule has 0 radical (unpaired) electrons. The zero-order valence-corrected chi connectivity index (χ0v) is 28.2. The lowest BCUT2D eigenvalue weighted by Gasteiger charge is -2.29. The number of para-hydroxylation sites is 2. The van der Waals surface area contributed by atoms with Crippen LogP contribution in [0.2, 0.25) is 0 Å². The molecule has 0 fully saturated rings. The number of imidazole rings is 2. The minimum Gasteiger partial charge on any atom is -0.497 e. The number of ether oxygens (including phenoxy) is 2. The average molecular weight is 643 g/mol. The molecule has 4 aromatic carbocycles. The Hall–Kier alpha value is -5.46. The first-order chi connectivity index (χ1) is 23.9. The molecule has 3 atom stereocenters. The van der Waals surface area contributed by atoms with Crippen molar-refractivity contribution in [3.8, 4) is 28.5 Å². The van der Waals surface area contributed by atoms with Gasteiger partial charge in [0.25, 0.3) is 0 Å². The van der Waals surface area contributed by atoms with Gasteiger partial charge in [0, 0.05) is 35.5 Å². The van der Waals surface area contributed by atoms with Crippen molar-refractivity contribution in [3.05, 3.63) is 143 Å². The zero-order chi connectivity index (χ0) is 33.3. The number of hydrogen-bond donors (Lipinski definition) is 0. The summed E-state index contributed by atoms with van der Waals surface area (Å²) in [6.45, 7) is 4.79. The van der Waals surface area contributed by atoms with Gasteiger partial charge in [-0.15, -0.1) is 0 Å². The number of fused-ring (bicyclic) bond motifs is 5. The van der Waals surface area contributed by atoms with Crippen molar-refractivity contribution in [3.63, 3.8) is 0 Å². The maximum Gasteiger partial charge on any atom is 0.145 e. The number of allylic oxidation sites excluding steroid dienone is 2. The standard InChI is InChI=1S/C43H38N4O2/c1-43(2)35-25-39-37(44-41(27-15-19-31(48-3)20-16-27)46(39)29-11-7-5-8-12-29)23-33(35)34-24-38-40(26-36(34)43)47(30-13-9-6-10-14-30)42(45-38)28-17-21-32(49-4)22-18-28/h5-21,23-26,32-33,35H,22H2,1-4H3. The Bertz CT molecular complexity index is 2420. The first-order valence-corrected chi connectivity index (χ1v) is 17.0. The second kappa shape index (κ2) is 11.3. The average Bonchev–Trinajstić information content (AvgIpc) is 3.78. The van der Waals surface area contributed by atoms with Crippen LogP contribution in [-0.4, -0.2) is 39.4 Å². The molecule has 0 amide bonds. The summed E-state index contributed by atoms with van der Waals surface area (Å²) >= 11 is 0. The second-order valence-corrected chi connectivity index (χ2v) is 13.8. The van der Waals surface area contributed by atoms with Gasteiger partial charge in [0.15, 0.2) is 0 Å². The van der Waals surface area contributed by atoms with E-state index in [1.54, 1.807) is 14.2 Å². The Morgan fingerprint density at radius 3 is 2.14 bits per heavy atom. The van der Waals surface area contributed by atoms with E-state index < -0.39 is 0 Å². The highest BCUT2D eigenvalue weighted by Crippen LogP contribution is 2.53. The fourth-order valence-electron chi connectivity index (χ4n) is 8.12. The van der Waals surface area contributed by atoms with Crippen molar-refractivity contribution in [2.75, 3.05) is 14.2 Å². The van der Waals surface area contributed by atoms with Crippen LogP contribution in [-0.2, 0) is 10.2 Å². The van der Waals surface area contributed by atoms with Crippen LogP contribution in [0.15, 0.2) is 115 Å². The van der Waals surface area contributed by atoms with Crippen molar-refractivity contribution in [1.29, 1.82) is 0 Å². The Morgan fingerprint density at radius 1 is 0.776 bits per heavy atom. The fraction of sp³-hybridized carbons (Fsp3) is 0.209. The van der Waals surface area contributed by atoms with Gasteiger partial charge in [-0.3, -0.25) is 9.13 Å². The molecule has 0 saturated carbocycles. The molecule has 3 aliphatic rings. The maximum atomic E-state index is 5.59. The molecule has 242 valence electrons. The van der Waals surface area contributed by atoms with Crippen LogP contribution in [0.5, 0.6) is 5.75 Å². The van der Waals surface area contributed by atoms with Gasteiger partial charge >= 0.3 is 0 Å². The molecule has 6 heteroatoms. The van der Waals surface area contributed by atoms with Gasteiger partial charge < -0.3 is 9.47 Å². The van der Waals surface area contributed by atoms with Gasteiger partial charge in [-0.25, -0.2) is 9.97 Å². The monoisotopic (exact) mass is 642 g/mol. The Morgan fingerprint density at radius 2 is 1.49 bits per heavy atom. The smallest absolute Gasteiger partial charge is 0.145 e. The number of rotatable bonds is 6. The predicted octanol–water partition coefficient (Wildman–Crippen LogP) is 7.51. The van der Waals surface area contributed by atoms with Crippen LogP contribution in [0.25, 0.3) is 51.5 Å². The molecule has 9 rings (SSSR count). The Labute approximate surface area is 286 Å². The summed E-state index contributed by atoms with van der Waals surface area (Å²) in [5.74, 6) is 3.15. The highest BCUT2D eigenvalue weighted by Gasteiger charge is 2.46. The third-order valence-corrected chi connectivity index (χ3v) is 10.7. The summed E-state index contributed by atoms with van der Waals surface area (Å²) in [6.07, 6.45) is 12.3. The molecule has 3 unspecified atom stereocenters. The highest BCUT2D eigenvalue weighted by atomic mass is 16.5. The third-order valence-electron chi connectivity index (χ3n) is 10.7. The number of methoxy groups -OCH3 is 2. The number of nitrogens with zero attached hydrogens (tertiary/aromatic N) is 4. The van der Waals surface area contributed by atoms with Crippen LogP contribution in [0.3, 0.4) is 0 Å². The topological polar surface area (TPSA) is 54.1 Å². The van der Waals surface area contributed by atoms with Crippen LogP contribution in [0.1, 0.15) is 43.1 Å². The summed E-state index contributed by atoms with van der Waals surface area (Å²) in [7, 11) is 3.46. The quantitative estimate of drug-likeness (QED) is 0.189. The maximum absolute atomic E-state index is 5.59. The molecule has 2 heterocycles. The van der Waals surface area contributed by atoms with Crippen LogP contribution in [0, 0.1) is 5.92 Å². The van der Waals surface area contributed by atoms with Crippen LogP contribution >= 0.6 is 0 Å². The summed E-state index contributed by atoms with van der Waals surface area (Å²) in [5, 5.41) is 2.16. The van der Waals surface area contributed by atoms with Gasteiger partial charge in [-0.05, 0) is 95.6 Å². The van der Waals surface area contributed by atoms with E-state index >= 15 is 0 Å². The molecule has 3 aliphatic carbocycles. The summed E-state index contributed by atoms with van der Waals surface area (Å²) in [6, 6.07) is 34.1. The van der Waals surface area contributed by atoms with E-state index in [1.165, 1.54) is 11.1 Å². The summed E-state index contributed by atoms with van der Waals surface area (Å²) in [5.41, 5.74) is 9.07. The molecule has 0 aliphatic heterocycles. The van der Waals surface area contributed by atoms with Crippen LogP contribution < -0.4 is 15.4 Å². The molecule has 0 spiro atoms. The largest absolute Gasteiger partial charge is 0.497 e. The lowest BCUT2D eigenvalue weighted by atomic mass is 9.74. The lowest BCUT2D eigenvalue weighted by molar-refractivity contribution is 0.143. The molecule has 49 heavy (non-hydrogen) atoms. The second-order valence-electron chi connectivity index (χ2n) is 13.8. The number of hydrogen-bond acceptors (Lipinski definition) is 4. The van der Waals surface area contributed by atoms with Crippen molar-refractivity contribution >= 4 is 28.8 Å². The molecular weight excluding hydrogens is 604 g/mol. The molecule has 0 saturated heterocycles. The van der Waals surface area contributed by atoms with Crippen molar-refractivity contribution < 1.29 is 9.47 Å². The molecule has 0 bridgehead atoms. The predicted molar refractivity (Wildman–Crippen MR) is 197 cm³/mol. The van der Waals surface area contributed by atoms with E-state index in [0.29, 0.717) is 0 Å². The number of benzene rings is 4. The molecular formula is C43H38N4O2. The minimum atomic E-state index is -0.129. The first-order valence-electron chi connectivity index (χ1n) is 17.0. The molecule has 6 aromatic rings. The van der Waals surface area contributed by atoms with Gasteiger partial charge in [0.05, 0.1) is 34.9 Å². The summed E-state index contributed by atoms with van der Waals surface area (Å²) < 4.78 is 15.7. The van der Waals surface area contributed by atoms with Crippen molar-refractivity contribution in [1.82, 2.24) is 19.1 Å². The van der Waals surface area contributed by atoms with E-state index in [4.69, 9.17) is 19.4 Å². The van der Waals surface area contributed by atoms with Crippen molar-refractivity contribution in [2.24, 2.45) is 5.92 Å². The zero-order valence-electron chi connectivity index (χ0n) is 28.2. The first kappa shape index (κ1) is 29.7. The molecule has 6 nitrogen and oxygen atoms in total. The van der Waals surface area contributed by atoms with E-state index in [1.807, 2.05) is 12.1 Å². The number of aromatic nitrogens is 4. The molecule has 0 N–H and O–H groups in total. The van der Waals surface area contributed by atoms with Gasteiger partial charge in [0.2, 0.25) is 0 Å². The SMILES string of the molecule is COc1ccc(-c2nc3c(n2-c2ccccc2)=CC2C(C=3)c3cc4nc(C5=CCC(OC)C=C5)n(-c5ccccc5)c4cc3C2(C)C)cc1. The fourth-order valence-corrected chi connectivity index (χ4v) is 8.12. The van der Waals surface area contributed by atoms with Gasteiger partial charge in [-0.1, -0.05) is 74.5 Å². The lowest BCUT2D eigenvalue weighted by Crippen LogP contribution is -2.38. The highest BCUT2D eigenvalue weighted by molar-refractivity contribution is 5.87. The van der Waals surface area contributed by atoms with E-state index in [-0.39, 0.29) is 23.4 Å². The molecule has 2 aromatic heterocycles. The van der Waals surface area contributed by atoms with Crippen LogP contribution in [0.4, 0.5) is 0 Å². The Balaban J connectivity index is 1.24. The van der Waals surface area contributed by atoms with E-state index in [9.17, 15) is 0 Å². The minimum absolute atomic E-state index is 0.0958. The van der Waals surface area contributed by atoms with Gasteiger partial charge in [0.1, 0.15) is 17.4 Å².